The van der Waals surface area contributed by atoms with Crippen LogP contribution < -0.4 is 14.8 Å². The first-order valence-corrected chi connectivity index (χ1v) is 17.7. The number of pyridine rings is 1. The number of methoxy groups -OCH3 is 2. The van der Waals surface area contributed by atoms with Gasteiger partial charge < -0.3 is 29.5 Å². The number of hydrogen-bond acceptors (Lipinski definition) is 10. The number of carbonyl (C=O) groups excluding carboxylic acids is 2. The van der Waals surface area contributed by atoms with Crippen LogP contribution in [0.1, 0.15) is 38.3 Å². The molecule has 2 saturated heterocycles. The number of hydrogen-bond donors (Lipinski definition) is 2. The van der Waals surface area contributed by atoms with Crippen LogP contribution in [0.2, 0.25) is 10.0 Å². The van der Waals surface area contributed by atoms with Crippen LogP contribution in [-0.2, 0) is 22.6 Å². The smallest absolute Gasteiger partial charge is 0.410 e. The van der Waals surface area contributed by atoms with Gasteiger partial charge in [0.25, 0.3) is 0 Å². The van der Waals surface area contributed by atoms with Crippen molar-refractivity contribution in [1.82, 2.24) is 30.1 Å². The van der Waals surface area contributed by atoms with Crippen molar-refractivity contribution in [2.24, 2.45) is 5.41 Å². The van der Waals surface area contributed by atoms with E-state index in [1.165, 1.54) is 18.3 Å². The van der Waals surface area contributed by atoms with E-state index in [4.69, 9.17) is 42.4 Å². The molecule has 0 unspecified atom stereocenters. The molecule has 2 N–H and O–H groups in total. The predicted octanol–water partition coefficient (Wildman–Crippen LogP) is 6.25. The summed E-state index contributed by atoms with van der Waals surface area (Å²) in [5.41, 5.74) is 4.49. The van der Waals surface area contributed by atoms with Crippen molar-refractivity contribution in [1.29, 1.82) is 0 Å². The first kappa shape index (κ1) is 37.3. The normalized spacial score (nSPS) is 15.3. The fourth-order valence-corrected chi connectivity index (χ4v) is 7.35. The summed E-state index contributed by atoms with van der Waals surface area (Å²) >= 11 is 14.1. The maximum absolute atomic E-state index is 12.8. The zero-order chi connectivity index (χ0) is 37.2. The topological polar surface area (TPSA) is 139 Å². The number of amides is 2. The Morgan fingerprint density at radius 3 is 2.40 bits per heavy atom. The molecule has 0 bridgehead atoms. The monoisotopic (exact) mass is 748 g/mol. The molecule has 0 aliphatic carbocycles. The van der Waals surface area contributed by atoms with Gasteiger partial charge in [-0.15, -0.1) is 0 Å². The van der Waals surface area contributed by atoms with Gasteiger partial charge in [-0.2, -0.15) is 0 Å². The zero-order valence-corrected chi connectivity index (χ0v) is 31.3. The Labute approximate surface area is 313 Å². The second-order valence-corrected chi connectivity index (χ2v) is 14.9. The standard InChI is InChI=1S/C38H42Cl2N6O6/c1-37(2,3)52-36(49)46(13-14-47)18-25-11-12-28(44-35(25)51-5)26-7-6-8-27(31(26)39)34-32(40)33(42-22-43-34)23-9-10-24(29(15-23)50-4)17-45-20-38(21-45)16-30(48)41-19-38/h6-12,15,22,47H,13-14,16-21H2,1-5H3,(H,41,48). The summed E-state index contributed by atoms with van der Waals surface area (Å²) in [4.78, 5) is 42.1. The maximum atomic E-state index is 12.8. The lowest BCUT2D eigenvalue weighted by Crippen LogP contribution is -2.56. The van der Waals surface area contributed by atoms with E-state index in [9.17, 15) is 14.7 Å². The molecular weight excluding hydrogens is 707 g/mol. The summed E-state index contributed by atoms with van der Waals surface area (Å²) in [5, 5.41) is 13.3. The van der Waals surface area contributed by atoms with Gasteiger partial charge in [-0.25, -0.2) is 19.7 Å². The van der Waals surface area contributed by atoms with Gasteiger partial charge in [0, 0.05) is 72.4 Å². The predicted molar refractivity (Wildman–Crippen MR) is 198 cm³/mol. The molecule has 14 heteroatoms. The lowest BCUT2D eigenvalue weighted by Gasteiger charge is -2.47. The molecule has 2 fully saturated rings. The molecular formula is C38H42Cl2N6O6. The minimum absolute atomic E-state index is 0.0467. The number of carbonyl (C=O) groups is 2. The molecule has 6 rings (SSSR count). The number of halogens is 2. The van der Waals surface area contributed by atoms with E-state index in [-0.39, 0.29) is 31.0 Å². The van der Waals surface area contributed by atoms with Gasteiger partial charge in [0.05, 0.1) is 54.5 Å². The number of aliphatic hydroxyl groups excluding tert-OH is 1. The summed E-state index contributed by atoms with van der Waals surface area (Å²) in [6.45, 7) is 8.47. The Balaban J connectivity index is 1.24. The first-order valence-electron chi connectivity index (χ1n) is 16.9. The summed E-state index contributed by atoms with van der Waals surface area (Å²) in [6.07, 6.45) is 1.48. The van der Waals surface area contributed by atoms with E-state index >= 15 is 0 Å². The Kier molecular flexibility index (Phi) is 10.9. The zero-order valence-electron chi connectivity index (χ0n) is 29.8. The van der Waals surface area contributed by atoms with Gasteiger partial charge in [0.2, 0.25) is 11.8 Å². The third-order valence-electron chi connectivity index (χ3n) is 9.10. The fraction of sp³-hybridized carbons (Fsp3) is 0.395. The Bertz CT molecular complexity index is 1980. The van der Waals surface area contributed by atoms with E-state index < -0.39 is 11.7 Å². The minimum Gasteiger partial charge on any atom is -0.496 e. The van der Waals surface area contributed by atoms with Crippen LogP contribution in [0.15, 0.2) is 54.9 Å². The molecule has 0 radical (unpaired) electrons. The molecule has 2 aromatic carbocycles. The summed E-state index contributed by atoms with van der Waals surface area (Å²) in [5.74, 6) is 1.14. The number of rotatable bonds is 11. The van der Waals surface area contributed by atoms with Crippen LogP contribution in [0.4, 0.5) is 4.79 Å². The lowest BCUT2D eigenvalue weighted by molar-refractivity contribution is -0.120. The molecule has 2 aliphatic rings. The summed E-state index contributed by atoms with van der Waals surface area (Å²) in [6, 6.07) is 15.0. The second kappa shape index (κ2) is 15.2. The number of aliphatic hydroxyl groups is 1. The Morgan fingerprint density at radius 2 is 1.73 bits per heavy atom. The number of benzene rings is 2. The Hall–Kier alpha value is -4.49. The number of aromatic nitrogens is 3. The molecule has 52 heavy (non-hydrogen) atoms. The number of ether oxygens (including phenoxy) is 3. The van der Waals surface area contributed by atoms with Crippen molar-refractivity contribution in [3.63, 3.8) is 0 Å². The molecule has 0 atom stereocenters. The van der Waals surface area contributed by atoms with E-state index in [1.807, 2.05) is 36.4 Å². The summed E-state index contributed by atoms with van der Waals surface area (Å²) in [7, 11) is 3.14. The average Bonchev–Trinajstić information content (AvgIpc) is 3.49. The lowest BCUT2D eigenvalue weighted by atomic mass is 9.79. The van der Waals surface area contributed by atoms with E-state index in [0.29, 0.717) is 68.4 Å². The highest BCUT2D eigenvalue weighted by Crippen LogP contribution is 2.42. The average molecular weight is 750 g/mol. The molecule has 2 aliphatic heterocycles. The third kappa shape index (κ3) is 7.95. The molecule has 4 heterocycles. The highest BCUT2D eigenvalue weighted by molar-refractivity contribution is 6.38. The molecule has 2 aromatic heterocycles. The highest BCUT2D eigenvalue weighted by atomic mass is 35.5. The van der Waals surface area contributed by atoms with Gasteiger partial charge in [-0.1, -0.05) is 53.5 Å². The molecule has 12 nitrogen and oxygen atoms in total. The molecule has 4 aromatic rings. The molecule has 274 valence electrons. The van der Waals surface area contributed by atoms with Crippen molar-refractivity contribution in [3.8, 4) is 45.4 Å². The van der Waals surface area contributed by atoms with Crippen LogP contribution in [0.5, 0.6) is 11.6 Å². The van der Waals surface area contributed by atoms with Crippen molar-refractivity contribution in [3.05, 3.63) is 76.0 Å². The number of likely N-dealkylation sites (tertiary alicyclic amines) is 1. The van der Waals surface area contributed by atoms with Gasteiger partial charge in [0.1, 0.15) is 17.7 Å². The fourth-order valence-electron chi connectivity index (χ4n) is 6.73. The largest absolute Gasteiger partial charge is 0.496 e. The van der Waals surface area contributed by atoms with Gasteiger partial charge in [-0.05, 0) is 39.0 Å². The van der Waals surface area contributed by atoms with Crippen LogP contribution in [0, 0.1) is 5.41 Å². The third-order valence-corrected chi connectivity index (χ3v) is 9.87. The number of nitrogens with one attached hydrogen (secondary N) is 1. The summed E-state index contributed by atoms with van der Waals surface area (Å²) < 4.78 is 16.9. The van der Waals surface area contributed by atoms with Crippen molar-refractivity contribution in [2.75, 3.05) is 47.0 Å². The van der Waals surface area contributed by atoms with E-state index in [0.717, 1.165) is 30.8 Å². The maximum Gasteiger partial charge on any atom is 0.410 e. The first-order chi connectivity index (χ1) is 24.8. The van der Waals surface area contributed by atoms with Crippen LogP contribution in [0.3, 0.4) is 0 Å². The van der Waals surface area contributed by atoms with Crippen molar-refractivity contribution >= 4 is 35.2 Å². The van der Waals surface area contributed by atoms with E-state index in [1.54, 1.807) is 40.0 Å². The highest BCUT2D eigenvalue weighted by Gasteiger charge is 2.47. The van der Waals surface area contributed by atoms with Crippen LogP contribution in [0.25, 0.3) is 33.8 Å². The van der Waals surface area contributed by atoms with Gasteiger partial charge in [0.15, 0.2) is 0 Å². The van der Waals surface area contributed by atoms with Crippen LogP contribution >= 0.6 is 23.2 Å². The van der Waals surface area contributed by atoms with Crippen LogP contribution in [-0.4, -0.2) is 94.5 Å². The van der Waals surface area contributed by atoms with Crippen molar-refractivity contribution in [2.45, 2.75) is 45.9 Å². The number of nitrogens with zero attached hydrogens (tertiary/aromatic N) is 5. The quantitative estimate of drug-likeness (QED) is 0.181. The SMILES string of the molecule is COc1cc(-c2ncnc(-c3cccc(-c4ccc(CN(CCO)C(=O)OC(C)(C)C)c(OC)n4)c3Cl)c2Cl)ccc1CN1CC2(CNC(=O)C2)C1. The molecule has 0 saturated carbocycles. The molecule has 1 spiro atoms. The second-order valence-electron chi connectivity index (χ2n) is 14.2. The van der Waals surface area contributed by atoms with Crippen molar-refractivity contribution < 1.29 is 28.9 Å². The van der Waals surface area contributed by atoms with Gasteiger partial charge >= 0.3 is 6.09 Å². The van der Waals surface area contributed by atoms with E-state index in [2.05, 4.69) is 20.2 Å². The van der Waals surface area contributed by atoms with Gasteiger partial charge in [-0.3, -0.25) is 9.69 Å². The minimum atomic E-state index is -0.695. The molecule has 2 amide bonds. The Morgan fingerprint density at radius 1 is 1.00 bits per heavy atom.